The topological polar surface area (TPSA) is 51.0 Å². The van der Waals surface area contributed by atoms with Crippen LogP contribution in [-0.2, 0) is 19.4 Å². The Hall–Kier alpha value is -2.95. The number of hydrogen-bond acceptors (Lipinski definition) is 4. The van der Waals surface area contributed by atoms with Crippen molar-refractivity contribution in [2.45, 2.75) is 25.8 Å². The lowest BCUT2D eigenvalue weighted by atomic mass is 10.1. The fourth-order valence-corrected chi connectivity index (χ4v) is 2.85. The molecule has 5 heteroatoms. The minimum atomic E-state index is -0.0553. The highest BCUT2D eigenvalue weighted by molar-refractivity contribution is 5.42. The summed E-state index contributed by atoms with van der Waals surface area (Å²) < 4.78 is 1.53. The molecule has 3 aromatic rings. The van der Waals surface area contributed by atoms with E-state index in [1.54, 1.807) is 18.5 Å². The molecule has 0 bridgehead atoms. The molecule has 0 unspecified atom stereocenters. The highest BCUT2D eigenvalue weighted by Crippen LogP contribution is 2.09. The summed E-state index contributed by atoms with van der Waals surface area (Å²) in [4.78, 5) is 18.5. The van der Waals surface area contributed by atoms with Crippen LogP contribution in [0.5, 0.6) is 0 Å². The van der Waals surface area contributed by atoms with Crippen LogP contribution in [-0.4, -0.2) is 28.4 Å². The first-order valence-electron chi connectivity index (χ1n) is 8.93. The highest BCUT2D eigenvalue weighted by Gasteiger charge is 2.05. The molecule has 0 saturated heterocycles. The van der Waals surface area contributed by atoms with Gasteiger partial charge >= 0.3 is 0 Å². The number of benzene rings is 1. The summed E-state index contributed by atoms with van der Waals surface area (Å²) in [6.45, 7) is 1.46. The van der Waals surface area contributed by atoms with Crippen LogP contribution in [0.25, 0.3) is 0 Å². The fourth-order valence-electron chi connectivity index (χ4n) is 2.85. The lowest BCUT2D eigenvalue weighted by Gasteiger charge is -2.19. The molecule has 0 atom stereocenters. The van der Waals surface area contributed by atoms with E-state index in [-0.39, 0.29) is 5.56 Å². The molecule has 2 aromatic heterocycles. The summed E-state index contributed by atoms with van der Waals surface area (Å²) in [5, 5.41) is 4.33. The van der Waals surface area contributed by atoms with Crippen molar-refractivity contribution in [1.29, 1.82) is 0 Å². The molecule has 0 N–H and O–H groups in total. The molecule has 0 radical (unpaired) electrons. The monoisotopic (exact) mass is 348 g/mol. The van der Waals surface area contributed by atoms with E-state index in [0.29, 0.717) is 6.54 Å². The van der Waals surface area contributed by atoms with E-state index in [9.17, 15) is 4.79 Å². The second-order valence-electron chi connectivity index (χ2n) is 6.40. The van der Waals surface area contributed by atoms with Gasteiger partial charge in [0.25, 0.3) is 5.56 Å². The minimum Gasteiger partial charge on any atom is -0.373 e. The zero-order valence-electron chi connectivity index (χ0n) is 15.1. The van der Waals surface area contributed by atoms with Gasteiger partial charge in [-0.1, -0.05) is 36.4 Å². The van der Waals surface area contributed by atoms with Crippen molar-refractivity contribution in [3.63, 3.8) is 0 Å². The molecule has 134 valence electrons. The molecular formula is C21H24N4O. The van der Waals surface area contributed by atoms with Crippen molar-refractivity contribution < 1.29 is 0 Å². The lowest BCUT2D eigenvalue weighted by molar-refractivity contribution is 0.547. The van der Waals surface area contributed by atoms with Crippen LogP contribution in [0.15, 0.2) is 71.9 Å². The summed E-state index contributed by atoms with van der Waals surface area (Å²) in [7, 11) is 1.99. The van der Waals surface area contributed by atoms with Gasteiger partial charge in [0.1, 0.15) is 0 Å². The van der Waals surface area contributed by atoms with Crippen LogP contribution in [0.1, 0.15) is 17.5 Å². The number of aromatic nitrogens is 3. The van der Waals surface area contributed by atoms with Crippen LogP contribution in [0.2, 0.25) is 0 Å². The van der Waals surface area contributed by atoms with Crippen molar-refractivity contribution in [3.05, 3.63) is 88.6 Å². The van der Waals surface area contributed by atoms with Gasteiger partial charge in [0, 0.05) is 38.6 Å². The van der Waals surface area contributed by atoms with Crippen molar-refractivity contribution in [2.24, 2.45) is 0 Å². The van der Waals surface area contributed by atoms with Gasteiger partial charge in [-0.15, -0.1) is 0 Å². The molecule has 26 heavy (non-hydrogen) atoms. The van der Waals surface area contributed by atoms with Crippen LogP contribution < -0.4 is 10.5 Å². The maximum atomic E-state index is 12.3. The number of aryl methyl sites for hydroxylation is 2. The largest absolute Gasteiger partial charge is 0.373 e. The molecule has 0 amide bonds. The average molecular weight is 348 g/mol. The molecule has 3 rings (SSSR count). The fraction of sp³-hybridized carbons (Fsp3) is 0.286. The second kappa shape index (κ2) is 8.94. The molecule has 0 aliphatic rings. The van der Waals surface area contributed by atoms with Gasteiger partial charge in [0.05, 0.1) is 11.9 Å². The summed E-state index contributed by atoms with van der Waals surface area (Å²) in [5.74, 6) is 0. The third kappa shape index (κ3) is 5.02. The number of likely N-dealkylation sites (N-methyl/N-ethyl adjacent to an activating group) is 1. The highest BCUT2D eigenvalue weighted by atomic mass is 16.1. The third-order valence-corrected chi connectivity index (χ3v) is 4.43. The molecule has 0 aliphatic heterocycles. The quantitative estimate of drug-likeness (QED) is 0.628. The van der Waals surface area contributed by atoms with Crippen LogP contribution in [0.4, 0.5) is 5.69 Å². The van der Waals surface area contributed by atoms with Gasteiger partial charge in [0.2, 0.25) is 0 Å². The number of anilines is 1. The van der Waals surface area contributed by atoms with E-state index >= 15 is 0 Å². The summed E-state index contributed by atoms with van der Waals surface area (Å²) in [6.07, 6.45) is 8.09. The Bertz CT molecular complexity index is 862. The third-order valence-electron chi connectivity index (χ3n) is 4.43. The van der Waals surface area contributed by atoms with Gasteiger partial charge in [-0.2, -0.15) is 5.10 Å². The summed E-state index contributed by atoms with van der Waals surface area (Å²) in [6, 6.07) is 16.0. The molecule has 0 spiro atoms. The van der Waals surface area contributed by atoms with Gasteiger partial charge < -0.3 is 4.90 Å². The molecule has 2 heterocycles. The number of pyridine rings is 1. The molecule has 1 aromatic carbocycles. The maximum Gasteiger partial charge on any atom is 0.268 e. The maximum absolute atomic E-state index is 12.3. The Morgan fingerprint density at radius 2 is 1.81 bits per heavy atom. The Morgan fingerprint density at radius 1 is 1.00 bits per heavy atom. The number of rotatable bonds is 8. The predicted molar refractivity (Wildman–Crippen MR) is 104 cm³/mol. The molecule has 0 aliphatic carbocycles. The Kier molecular flexibility index (Phi) is 6.14. The number of hydrogen-bond donors (Lipinski definition) is 0. The van der Waals surface area contributed by atoms with E-state index in [0.717, 1.165) is 31.5 Å². The van der Waals surface area contributed by atoms with E-state index < -0.39 is 0 Å². The van der Waals surface area contributed by atoms with E-state index in [2.05, 4.69) is 27.1 Å². The predicted octanol–water partition coefficient (Wildman–Crippen LogP) is 2.95. The first kappa shape index (κ1) is 17.9. The average Bonchev–Trinajstić information content (AvgIpc) is 2.69. The summed E-state index contributed by atoms with van der Waals surface area (Å²) >= 11 is 0. The first-order chi connectivity index (χ1) is 12.7. The molecule has 5 nitrogen and oxygen atoms in total. The summed E-state index contributed by atoms with van der Waals surface area (Å²) in [5.41, 5.74) is 3.27. The number of nitrogens with zero attached hydrogens (tertiary/aromatic N) is 4. The Balaban J connectivity index is 1.54. The Labute approximate surface area is 153 Å². The van der Waals surface area contributed by atoms with Gasteiger partial charge in [-0.25, -0.2) is 4.68 Å². The zero-order chi connectivity index (χ0) is 18.2. The Morgan fingerprint density at radius 3 is 2.54 bits per heavy atom. The van der Waals surface area contributed by atoms with E-state index in [1.165, 1.54) is 15.8 Å². The second-order valence-corrected chi connectivity index (χ2v) is 6.40. The van der Waals surface area contributed by atoms with Gasteiger partial charge in [0.15, 0.2) is 0 Å². The smallest absolute Gasteiger partial charge is 0.268 e. The SMILES string of the molecule is CN(CCc1ccccc1)c1cnn(CCCc2cccnc2)c(=O)c1. The van der Waals surface area contributed by atoms with Crippen LogP contribution >= 0.6 is 0 Å². The van der Waals surface area contributed by atoms with E-state index in [1.807, 2.05) is 43.6 Å². The van der Waals surface area contributed by atoms with E-state index in [4.69, 9.17) is 0 Å². The van der Waals surface area contributed by atoms with Crippen molar-refractivity contribution in [3.8, 4) is 0 Å². The van der Waals surface area contributed by atoms with Crippen molar-refractivity contribution in [2.75, 3.05) is 18.5 Å². The van der Waals surface area contributed by atoms with Crippen molar-refractivity contribution in [1.82, 2.24) is 14.8 Å². The lowest BCUT2D eigenvalue weighted by Crippen LogP contribution is -2.27. The van der Waals surface area contributed by atoms with Gasteiger partial charge in [-0.3, -0.25) is 9.78 Å². The zero-order valence-corrected chi connectivity index (χ0v) is 15.1. The van der Waals surface area contributed by atoms with Crippen LogP contribution in [0.3, 0.4) is 0 Å². The molecule has 0 fully saturated rings. The minimum absolute atomic E-state index is 0.0553. The standard InChI is InChI=1S/C21H24N4O/c1-24(14-11-18-7-3-2-4-8-18)20-15-21(26)25(23-17-20)13-6-10-19-9-5-12-22-16-19/h2-5,7-9,12,15-17H,6,10-11,13-14H2,1H3. The van der Waals surface area contributed by atoms with Gasteiger partial charge in [-0.05, 0) is 36.5 Å². The van der Waals surface area contributed by atoms with Crippen LogP contribution in [0, 0.1) is 0 Å². The molecular weight excluding hydrogens is 324 g/mol. The normalized spacial score (nSPS) is 10.7. The van der Waals surface area contributed by atoms with Crippen molar-refractivity contribution >= 4 is 5.69 Å². The molecule has 0 saturated carbocycles. The first-order valence-corrected chi connectivity index (χ1v) is 8.93.